The molecule has 5 nitrogen and oxygen atoms in total. The number of hydrogen-bond acceptors (Lipinski definition) is 3. The SMILES string of the molecule is CCC(CC)C(=O)Nc1ccc2c(c1)N(Cc1cccc(Cl)c1)C(=O)CO2. The third kappa shape index (κ3) is 4.42. The van der Waals surface area contributed by atoms with E-state index in [2.05, 4.69) is 5.32 Å². The maximum atomic E-state index is 12.5. The zero-order valence-corrected chi connectivity index (χ0v) is 16.3. The molecule has 0 fully saturated rings. The van der Waals surface area contributed by atoms with Crippen molar-refractivity contribution < 1.29 is 14.3 Å². The first-order valence-corrected chi connectivity index (χ1v) is 9.52. The summed E-state index contributed by atoms with van der Waals surface area (Å²) in [5.74, 6) is 0.453. The van der Waals surface area contributed by atoms with E-state index < -0.39 is 0 Å². The lowest BCUT2D eigenvalue weighted by molar-refractivity contribution is -0.121. The third-order valence-electron chi connectivity index (χ3n) is 4.76. The number of ether oxygens (including phenoxy) is 1. The van der Waals surface area contributed by atoms with Gasteiger partial charge in [-0.1, -0.05) is 37.6 Å². The van der Waals surface area contributed by atoms with Crippen LogP contribution >= 0.6 is 11.6 Å². The second-order valence-electron chi connectivity index (χ2n) is 6.58. The van der Waals surface area contributed by atoms with E-state index in [9.17, 15) is 9.59 Å². The van der Waals surface area contributed by atoms with Crippen LogP contribution in [0.5, 0.6) is 5.75 Å². The van der Waals surface area contributed by atoms with Gasteiger partial charge in [0.25, 0.3) is 5.91 Å². The summed E-state index contributed by atoms with van der Waals surface area (Å²) in [5.41, 5.74) is 2.23. The predicted molar refractivity (Wildman–Crippen MR) is 107 cm³/mol. The molecule has 0 radical (unpaired) electrons. The first-order valence-electron chi connectivity index (χ1n) is 9.14. The molecule has 1 N–H and O–H groups in total. The fourth-order valence-corrected chi connectivity index (χ4v) is 3.39. The Morgan fingerprint density at radius 2 is 2.00 bits per heavy atom. The highest BCUT2D eigenvalue weighted by Crippen LogP contribution is 2.36. The number of halogens is 1. The van der Waals surface area contributed by atoms with Gasteiger partial charge in [0.05, 0.1) is 12.2 Å². The van der Waals surface area contributed by atoms with Crippen molar-refractivity contribution in [2.24, 2.45) is 5.92 Å². The molecule has 3 rings (SSSR count). The molecular weight excluding hydrogens is 364 g/mol. The van der Waals surface area contributed by atoms with Crippen molar-refractivity contribution in [2.45, 2.75) is 33.2 Å². The molecule has 2 aromatic rings. The number of anilines is 2. The number of carbonyl (C=O) groups excluding carboxylic acids is 2. The average molecular weight is 387 g/mol. The lowest BCUT2D eigenvalue weighted by Gasteiger charge is -2.30. The minimum atomic E-state index is -0.133. The molecule has 1 aliphatic heterocycles. The van der Waals surface area contributed by atoms with Gasteiger partial charge in [-0.25, -0.2) is 0 Å². The van der Waals surface area contributed by atoms with Crippen LogP contribution in [0.4, 0.5) is 11.4 Å². The fourth-order valence-electron chi connectivity index (χ4n) is 3.17. The normalized spacial score (nSPS) is 13.3. The Morgan fingerprint density at radius 3 is 2.70 bits per heavy atom. The summed E-state index contributed by atoms with van der Waals surface area (Å²) >= 11 is 6.06. The summed E-state index contributed by atoms with van der Waals surface area (Å²) in [5, 5.41) is 3.57. The molecule has 0 saturated carbocycles. The summed E-state index contributed by atoms with van der Waals surface area (Å²) in [6.07, 6.45) is 1.57. The predicted octanol–water partition coefficient (Wildman–Crippen LogP) is 4.64. The maximum absolute atomic E-state index is 12.5. The number of nitrogens with zero attached hydrogens (tertiary/aromatic N) is 1. The van der Waals surface area contributed by atoms with Gasteiger partial charge in [-0.2, -0.15) is 0 Å². The van der Waals surface area contributed by atoms with Gasteiger partial charge in [0.15, 0.2) is 6.61 Å². The monoisotopic (exact) mass is 386 g/mol. The lowest BCUT2D eigenvalue weighted by Crippen LogP contribution is -2.38. The maximum Gasteiger partial charge on any atom is 0.265 e. The Kier molecular flexibility index (Phi) is 6.01. The number of benzene rings is 2. The van der Waals surface area contributed by atoms with Crippen LogP contribution in [-0.4, -0.2) is 18.4 Å². The molecule has 6 heteroatoms. The van der Waals surface area contributed by atoms with Crippen LogP contribution in [0.3, 0.4) is 0 Å². The standard InChI is InChI=1S/C21H23ClN2O3/c1-3-15(4-2)21(26)23-17-8-9-19-18(11-17)24(20(25)13-27-19)12-14-6-5-7-16(22)10-14/h5-11,15H,3-4,12-13H2,1-2H3,(H,23,26). The molecule has 0 bridgehead atoms. The van der Waals surface area contributed by atoms with Gasteiger partial charge in [-0.05, 0) is 48.7 Å². The van der Waals surface area contributed by atoms with Crippen LogP contribution in [0.2, 0.25) is 5.02 Å². The minimum absolute atomic E-state index is 0.00693. The molecule has 0 spiro atoms. The molecule has 2 aromatic carbocycles. The van der Waals surface area contributed by atoms with Crippen LogP contribution in [0.25, 0.3) is 0 Å². The van der Waals surface area contributed by atoms with Gasteiger partial charge in [-0.3, -0.25) is 9.59 Å². The smallest absolute Gasteiger partial charge is 0.265 e. The van der Waals surface area contributed by atoms with Crippen molar-refractivity contribution in [3.8, 4) is 5.75 Å². The number of fused-ring (bicyclic) bond motifs is 1. The Bertz CT molecular complexity index is 849. The molecule has 142 valence electrons. The number of nitrogens with one attached hydrogen (secondary N) is 1. The molecule has 0 saturated heterocycles. The summed E-state index contributed by atoms with van der Waals surface area (Å²) in [4.78, 5) is 26.5. The Balaban J connectivity index is 1.86. The van der Waals surface area contributed by atoms with Crippen molar-refractivity contribution in [2.75, 3.05) is 16.8 Å². The van der Waals surface area contributed by atoms with E-state index in [-0.39, 0.29) is 24.3 Å². The number of hydrogen-bond donors (Lipinski definition) is 1. The van der Waals surface area contributed by atoms with Crippen molar-refractivity contribution in [1.29, 1.82) is 0 Å². The van der Waals surface area contributed by atoms with Crippen LogP contribution in [0.1, 0.15) is 32.3 Å². The molecular formula is C21H23ClN2O3. The summed E-state index contributed by atoms with van der Waals surface area (Å²) < 4.78 is 5.55. The van der Waals surface area contributed by atoms with Crippen molar-refractivity contribution in [1.82, 2.24) is 0 Å². The van der Waals surface area contributed by atoms with E-state index in [1.807, 2.05) is 32.0 Å². The lowest BCUT2D eigenvalue weighted by atomic mass is 10.0. The zero-order valence-electron chi connectivity index (χ0n) is 15.5. The number of carbonyl (C=O) groups is 2. The van der Waals surface area contributed by atoms with Crippen molar-refractivity contribution in [3.63, 3.8) is 0 Å². The van der Waals surface area contributed by atoms with Crippen LogP contribution in [0.15, 0.2) is 42.5 Å². The minimum Gasteiger partial charge on any atom is -0.482 e. The first kappa shape index (κ1) is 19.2. The van der Waals surface area contributed by atoms with Crippen LogP contribution in [0, 0.1) is 5.92 Å². The second-order valence-corrected chi connectivity index (χ2v) is 7.02. The van der Waals surface area contributed by atoms with E-state index in [4.69, 9.17) is 16.3 Å². The number of rotatable bonds is 6. The molecule has 2 amide bonds. The van der Waals surface area contributed by atoms with E-state index in [1.165, 1.54) is 0 Å². The zero-order chi connectivity index (χ0) is 19.4. The molecule has 1 heterocycles. The highest BCUT2D eigenvalue weighted by Gasteiger charge is 2.26. The van der Waals surface area contributed by atoms with Crippen molar-refractivity contribution in [3.05, 3.63) is 53.1 Å². The van der Waals surface area contributed by atoms with Crippen LogP contribution in [-0.2, 0) is 16.1 Å². The Labute approximate surface area is 164 Å². The second kappa shape index (κ2) is 8.44. The van der Waals surface area contributed by atoms with Crippen molar-refractivity contribution >= 4 is 34.8 Å². The van der Waals surface area contributed by atoms with Gasteiger partial charge in [0, 0.05) is 16.6 Å². The third-order valence-corrected chi connectivity index (χ3v) is 4.99. The molecule has 0 aromatic heterocycles. The highest BCUT2D eigenvalue weighted by molar-refractivity contribution is 6.30. The van der Waals surface area contributed by atoms with E-state index in [1.54, 1.807) is 29.2 Å². The summed E-state index contributed by atoms with van der Waals surface area (Å²) in [6, 6.07) is 12.8. The summed E-state index contributed by atoms with van der Waals surface area (Å²) in [6.45, 7) is 4.38. The van der Waals surface area contributed by atoms with Gasteiger partial charge in [0.2, 0.25) is 5.91 Å². The highest BCUT2D eigenvalue weighted by atomic mass is 35.5. The first-order chi connectivity index (χ1) is 13.0. The van der Waals surface area contributed by atoms with Gasteiger partial charge >= 0.3 is 0 Å². The largest absolute Gasteiger partial charge is 0.482 e. The summed E-state index contributed by atoms with van der Waals surface area (Å²) in [7, 11) is 0. The molecule has 0 aliphatic carbocycles. The van der Waals surface area contributed by atoms with Gasteiger partial charge < -0.3 is 15.0 Å². The Hall–Kier alpha value is -2.53. The quantitative estimate of drug-likeness (QED) is 0.786. The van der Waals surface area contributed by atoms with E-state index >= 15 is 0 Å². The molecule has 1 aliphatic rings. The fraction of sp³-hybridized carbons (Fsp3) is 0.333. The average Bonchev–Trinajstić information content (AvgIpc) is 2.65. The van der Waals surface area contributed by atoms with Gasteiger partial charge in [-0.15, -0.1) is 0 Å². The van der Waals surface area contributed by atoms with E-state index in [0.29, 0.717) is 28.7 Å². The van der Waals surface area contributed by atoms with Crippen LogP contribution < -0.4 is 15.0 Å². The van der Waals surface area contributed by atoms with Gasteiger partial charge in [0.1, 0.15) is 5.75 Å². The molecule has 0 unspecified atom stereocenters. The molecule has 0 atom stereocenters. The Morgan fingerprint density at radius 1 is 1.22 bits per heavy atom. The topological polar surface area (TPSA) is 58.6 Å². The van der Waals surface area contributed by atoms with E-state index in [0.717, 1.165) is 18.4 Å². The molecule has 27 heavy (non-hydrogen) atoms. The number of amides is 2.